The van der Waals surface area contributed by atoms with Crippen molar-refractivity contribution in [1.82, 2.24) is 15.1 Å². The number of benzene rings is 1. The third-order valence-electron chi connectivity index (χ3n) is 6.47. The van der Waals surface area contributed by atoms with Crippen LogP contribution in [0, 0.1) is 11.3 Å². The number of carbonyl (C=O) groups is 2. The number of rotatable bonds is 12. The van der Waals surface area contributed by atoms with Crippen molar-refractivity contribution in [2.24, 2.45) is 0 Å². The predicted octanol–water partition coefficient (Wildman–Crippen LogP) is 4.13. The Morgan fingerprint density at radius 1 is 1.11 bits per heavy atom. The Hall–Kier alpha value is -2.50. The van der Waals surface area contributed by atoms with E-state index in [2.05, 4.69) is 39.8 Å². The topological polar surface area (TPSA) is 88.5 Å². The van der Waals surface area contributed by atoms with Crippen LogP contribution in [0.4, 0.5) is 5.69 Å². The van der Waals surface area contributed by atoms with Crippen molar-refractivity contribution in [2.45, 2.75) is 64.0 Å². The maximum absolute atomic E-state index is 13.1. The third-order valence-corrected chi connectivity index (χ3v) is 7.77. The Kier molecular flexibility index (Phi) is 11.0. The van der Waals surface area contributed by atoms with E-state index in [1.165, 1.54) is 49.7 Å². The molecule has 0 spiro atoms. The number of likely N-dealkylation sites (tertiary alicyclic amines) is 1. The van der Waals surface area contributed by atoms with Crippen LogP contribution in [0.1, 0.15) is 57.9 Å². The first-order chi connectivity index (χ1) is 17.1. The highest BCUT2D eigenvalue weighted by Gasteiger charge is 2.39. The Balaban J connectivity index is 1.58. The van der Waals surface area contributed by atoms with Gasteiger partial charge in [-0.15, -0.1) is 0 Å². The number of nitriles is 1. The van der Waals surface area contributed by atoms with Gasteiger partial charge in [-0.3, -0.25) is 9.59 Å². The number of nitrogens with zero attached hydrogens (tertiary/aromatic N) is 3. The summed E-state index contributed by atoms with van der Waals surface area (Å²) in [5, 5.41) is 16.0. The van der Waals surface area contributed by atoms with Gasteiger partial charge in [-0.2, -0.15) is 5.26 Å². The second-order valence-electron chi connectivity index (χ2n) is 9.23. The lowest BCUT2D eigenvalue weighted by molar-refractivity contribution is -0.127. The molecule has 0 saturated carbocycles. The Bertz CT molecular complexity index is 918. The molecule has 2 amide bonds. The fourth-order valence-electron chi connectivity index (χ4n) is 4.41. The van der Waals surface area contributed by atoms with E-state index in [-0.39, 0.29) is 16.7 Å². The number of nitrogens with one attached hydrogen (secondary N) is 2. The van der Waals surface area contributed by atoms with Gasteiger partial charge in [0.2, 0.25) is 5.91 Å². The summed E-state index contributed by atoms with van der Waals surface area (Å²) in [6.07, 6.45) is 7.60. The van der Waals surface area contributed by atoms with E-state index >= 15 is 0 Å². The van der Waals surface area contributed by atoms with Crippen molar-refractivity contribution in [3.05, 3.63) is 40.4 Å². The normalized spacial score (nSPS) is 20.0. The van der Waals surface area contributed by atoms with Crippen LogP contribution in [0.3, 0.4) is 0 Å². The largest absolute Gasteiger partial charge is 0.383 e. The van der Waals surface area contributed by atoms with Gasteiger partial charge in [0.15, 0.2) is 0 Å². The van der Waals surface area contributed by atoms with Crippen LogP contribution in [-0.2, 0) is 16.0 Å². The van der Waals surface area contributed by atoms with Gasteiger partial charge < -0.3 is 20.4 Å². The summed E-state index contributed by atoms with van der Waals surface area (Å²) in [4.78, 5) is 29.9. The molecule has 2 aliphatic heterocycles. The molecule has 2 fully saturated rings. The van der Waals surface area contributed by atoms with Gasteiger partial charge in [0.1, 0.15) is 21.9 Å². The number of piperidine rings is 1. The van der Waals surface area contributed by atoms with Gasteiger partial charge in [-0.05, 0) is 62.9 Å². The number of thioether (sulfide) groups is 1. The average Bonchev–Trinajstić information content (AvgIpc) is 3.18. The van der Waals surface area contributed by atoms with Crippen molar-refractivity contribution < 1.29 is 9.59 Å². The fourth-order valence-corrected chi connectivity index (χ4v) is 5.64. The number of unbranched alkanes of at least 4 members (excludes halogenated alkanes) is 1. The molecule has 2 N–H and O–H groups in total. The van der Waals surface area contributed by atoms with Crippen molar-refractivity contribution >= 4 is 29.3 Å². The van der Waals surface area contributed by atoms with Gasteiger partial charge in [0.05, 0.1) is 0 Å². The molecule has 2 saturated heterocycles. The van der Waals surface area contributed by atoms with Crippen molar-refractivity contribution in [2.75, 3.05) is 44.6 Å². The van der Waals surface area contributed by atoms with E-state index in [4.69, 9.17) is 0 Å². The van der Waals surface area contributed by atoms with Crippen molar-refractivity contribution in [3.63, 3.8) is 0 Å². The lowest BCUT2D eigenvalue weighted by Gasteiger charge is -2.26. The first kappa shape index (κ1) is 27.1. The molecule has 0 bridgehead atoms. The minimum Gasteiger partial charge on any atom is -0.383 e. The molecule has 35 heavy (non-hydrogen) atoms. The first-order valence-electron chi connectivity index (χ1n) is 13.0. The molecule has 0 aliphatic carbocycles. The second kappa shape index (κ2) is 14.2. The minimum absolute atomic E-state index is 0.0356. The summed E-state index contributed by atoms with van der Waals surface area (Å²) in [5.74, 6) is -0.447. The van der Waals surface area contributed by atoms with Gasteiger partial charge in [-0.1, -0.05) is 50.6 Å². The number of hydrogen-bond donors (Lipinski definition) is 2. The Labute approximate surface area is 214 Å². The Morgan fingerprint density at radius 3 is 2.51 bits per heavy atom. The zero-order valence-electron chi connectivity index (χ0n) is 21.1. The van der Waals surface area contributed by atoms with Gasteiger partial charge in [-0.25, -0.2) is 0 Å². The molecular formula is C27H39N5O2S. The van der Waals surface area contributed by atoms with Crippen LogP contribution in [0.5, 0.6) is 0 Å². The maximum Gasteiger partial charge on any atom is 0.264 e. The first-order valence-corrected chi connectivity index (χ1v) is 13.9. The van der Waals surface area contributed by atoms with E-state index in [1.54, 1.807) is 4.90 Å². The highest BCUT2D eigenvalue weighted by Crippen LogP contribution is 2.37. The van der Waals surface area contributed by atoms with Gasteiger partial charge in [0.25, 0.3) is 5.91 Å². The lowest BCUT2D eigenvalue weighted by Crippen LogP contribution is -2.34. The van der Waals surface area contributed by atoms with E-state index in [0.29, 0.717) is 24.7 Å². The lowest BCUT2D eigenvalue weighted by atomic mass is 10.1. The molecule has 7 nitrogen and oxygen atoms in total. The summed E-state index contributed by atoms with van der Waals surface area (Å²) >= 11 is 1.32. The predicted molar refractivity (Wildman–Crippen MR) is 143 cm³/mol. The van der Waals surface area contributed by atoms with Crippen LogP contribution >= 0.6 is 11.8 Å². The van der Waals surface area contributed by atoms with Crippen LogP contribution in [0.25, 0.3) is 0 Å². The Morgan fingerprint density at radius 2 is 1.86 bits per heavy atom. The number of carbonyl (C=O) groups excluding carboxylic acids is 2. The van der Waals surface area contributed by atoms with Gasteiger partial charge in [0, 0.05) is 31.9 Å². The van der Waals surface area contributed by atoms with E-state index in [0.717, 1.165) is 37.9 Å². The summed E-state index contributed by atoms with van der Waals surface area (Å²) in [6, 6.07) is 10.5. The molecule has 1 aromatic rings. The molecule has 1 aromatic carbocycles. The zero-order chi connectivity index (χ0) is 25.0. The van der Waals surface area contributed by atoms with Crippen molar-refractivity contribution in [1.29, 1.82) is 5.26 Å². The van der Waals surface area contributed by atoms with E-state index in [9.17, 15) is 14.9 Å². The fraction of sp³-hybridized carbons (Fsp3) is 0.593. The summed E-state index contributed by atoms with van der Waals surface area (Å²) in [5.41, 5.74) is 2.32. The molecule has 1 atom stereocenters. The van der Waals surface area contributed by atoms with E-state index in [1.807, 2.05) is 19.9 Å². The highest BCUT2D eigenvalue weighted by molar-refractivity contribution is 8.04. The second-order valence-corrected chi connectivity index (χ2v) is 10.4. The van der Waals surface area contributed by atoms with Crippen LogP contribution in [0.2, 0.25) is 0 Å². The monoisotopic (exact) mass is 497 g/mol. The van der Waals surface area contributed by atoms with Crippen molar-refractivity contribution in [3.8, 4) is 6.07 Å². The SMILES string of the molecule is CCCCNC(=O)/C(C#N)=C1\SC(CNc2ccc(CCN3CCCCC3)cc2)C(=O)N1CCC. The van der Waals surface area contributed by atoms with Gasteiger partial charge >= 0.3 is 0 Å². The van der Waals surface area contributed by atoms with Crippen LogP contribution in [-0.4, -0.2) is 66.1 Å². The van der Waals surface area contributed by atoms with Crippen LogP contribution < -0.4 is 10.6 Å². The van der Waals surface area contributed by atoms with E-state index < -0.39 is 5.91 Å². The quantitative estimate of drug-likeness (QED) is 0.256. The highest BCUT2D eigenvalue weighted by atomic mass is 32.2. The molecule has 8 heteroatoms. The summed E-state index contributed by atoms with van der Waals surface area (Å²) in [6.45, 7) is 9.03. The summed E-state index contributed by atoms with van der Waals surface area (Å²) in [7, 11) is 0. The number of anilines is 1. The molecule has 2 aliphatic rings. The van der Waals surface area contributed by atoms with Crippen LogP contribution in [0.15, 0.2) is 34.9 Å². The summed E-state index contributed by atoms with van der Waals surface area (Å²) < 4.78 is 0. The molecule has 2 heterocycles. The number of hydrogen-bond acceptors (Lipinski definition) is 6. The maximum atomic E-state index is 13.1. The molecule has 1 unspecified atom stereocenters. The third kappa shape index (κ3) is 7.74. The molecule has 3 rings (SSSR count). The molecule has 0 aromatic heterocycles. The molecular weight excluding hydrogens is 458 g/mol. The average molecular weight is 498 g/mol. The standard InChI is InChI=1S/C27H39N5O2S/c1-3-5-14-29-25(33)23(19-28)27-32(15-4-2)26(34)24(35-27)20-30-22-11-9-21(10-12-22)13-18-31-16-7-6-8-17-31/h9-12,24,30H,3-8,13-18,20H2,1-2H3,(H,29,33)/b27-23-. The minimum atomic E-state index is -0.397. The molecule has 0 radical (unpaired) electrons. The number of amides is 2. The zero-order valence-corrected chi connectivity index (χ0v) is 22.0. The smallest absolute Gasteiger partial charge is 0.264 e. The molecule has 190 valence electrons.